The summed E-state index contributed by atoms with van der Waals surface area (Å²) in [5.74, 6) is -1.59. The van der Waals surface area contributed by atoms with Crippen LogP contribution in [0, 0.1) is 5.92 Å². The average Bonchev–Trinajstić information content (AvgIpc) is 2.37. The first-order valence-electron chi connectivity index (χ1n) is 7.08. The Hall–Kier alpha value is -1.16. The van der Waals surface area contributed by atoms with Gasteiger partial charge in [-0.25, -0.2) is 0 Å². The number of unbranched alkanes of at least 4 members (excludes halogenated alkanes) is 1. The third-order valence-corrected chi connectivity index (χ3v) is 3.82. The molecule has 21 heavy (non-hydrogen) atoms. The van der Waals surface area contributed by atoms with Crippen LogP contribution in [0.25, 0.3) is 0 Å². The number of carbonyl (C=O) groups is 1. The lowest BCUT2D eigenvalue weighted by molar-refractivity contribution is -0.137. The van der Waals surface area contributed by atoms with E-state index in [0.717, 1.165) is 5.56 Å². The fourth-order valence-electron chi connectivity index (χ4n) is 1.73. The monoisotopic (exact) mass is 316 g/mol. The van der Waals surface area contributed by atoms with Crippen molar-refractivity contribution >= 4 is 13.6 Å². The van der Waals surface area contributed by atoms with Gasteiger partial charge in [-0.3, -0.25) is 9.36 Å². The lowest BCUT2D eigenvalue weighted by Crippen LogP contribution is -2.15. The van der Waals surface area contributed by atoms with Crippen LogP contribution in [0.2, 0.25) is 0 Å². The smallest absolute Gasteiger partial charge is 0.325 e. The molecule has 0 spiro atoms. The van der Waals surface area contributed by atoms with Crippen LogP contribution in [-0.4, -0.2) is 27.0 Å². The molecule has 0 aliphatic heterocycles. The van der Waals surface area contributed by atoms with E-state index in [0.29, 0.717) is 6.42 Å². The molecule has 1 aromatic rings. The fourth-order valence-corrected chi connectivity index (χ4v) is 2.66. The molecule has 1 unspecified atom stereocenters. The average molecular weight is 316 g/mol. The summed E-state index contributed by atoms with van der Waals surface area (Å²) >= 11 is 0. The second-order valence-electron chi connectivity index (χ2n) is 5.00. The van der Waals surface area contributed by atoms with Gasteiger partial charge in [-0.2, -0.15) is 0 Å². The molecule has 0 radical (unpaired) electrons. The fraction of sp³-hybridized carbons (Fsp3) is 0.533. The van der Waals surface area contributed by atoms with Crippen LogP contribution in [0.1, 0.15) is 38.7 Å². The lowest BCUT2D eigenvalue weighted by Gasteiger charge is -2.15. The van der Waals surface area contributed by atoms with Crippen LogP contribution in [0.4, 0.5) is 0 Å². The predicted molar refractivity (Wildman–Crippen MR) is 83.4 cm³/mol. The van der Waals surface area contributed by atoms with E-state index in [1.807, 2.05) is 30.3 Å². The molecule has 0 saturated carbocycles. The van der Waals surface area contributed by atoms with Crippen LogP contribution in [-0.2, 0) is 15.8 Å². The van der Waals surface area contributed by atoms with Crippen molar-refractivity contribution in [2.45, 2.75) is 39.5 Å². The van der Waals surface area contributed by atoms with Crippen molar-refractivity contribution in [1.29, 1.82) is 0 Å². The van der Waals surface area contributed by atoms with E-state index >= 15 is 0 Å². The molecule has 1 atom stereocenters. The van der Waals surface area contributed by atoms with E-state index in [1.165, 1.54) is 12.8 Å². The number of hydrogen-bond acceptors (Lipinski definition) is 2. The van der Waals surface area contributed by atoms with Crippen LogP contribution >= 0.6 is 7.60 Å². The second-order valence-corrected chi connectivity index (χ2v) is 6.70. The highest BCUT2D eigenvalue weighted by Gasteiger charge is 2.23. The Kier molecular flexibility index (Phi) is 9.97. The number of rotatable bonds is 7. The zero-order valence-corrected chi connectivity index (χ0v) is 13.5. The van der Waals surface area contributed by atoms with Gasteiger partial charge in [0.15, 0.2) is 0 Å². The normalized spacial score (nSPS) is 12.2. The Bertz CT molecular complexity index is 439. The molecule has 1 rings (SSSR count). The van der Waals surface area contributed by atoms with Gasteiger partial charge in [-0.15, -0.1) is 0 Å². The maximum atomic E-state index is 10.9. The lowest BCUT2D eigenvalue weighted by atomic mass is 9.98. The second kappa shape index (κ2) is 10.6. The molecule has 0 fully saturated rings. The van der Waals surface area contributed by atoms with E-state index in [4.69, 9.17) is 14.9 Å². The quantitative estimate of drug-likeness (QED) is 0.671. The molecular weight excluding hydrogens is 291 g/mol. The molecule has 0 aliphatic carbocycles. The van der Waals surface area contributed by atoms with Crippen molar-refractivity contribution in [3.05, 3.63) is 35.9 Å². The first kappa shape index (κ1) is 19.8. The SMILES string of the molecule is CCCC.O=C(O)CC(Cc1ccccc1)CP(=O)(O)O. The first-order valence-corrected chi connectivity index (χ1v) is 8.88. The molecule has 120 valence electrons. The highest BCUT2D eigenvalue weighted by Crippen LogP contribution is 2.38. The summed E-state index contributed by atoms with van der Waals surface area (Å²) < 4.78 is 10.9. The highest BCUT2D eigenvalue weighted by atomic mass is 31.2. The minimum atomic E-state index is -4.18. The van der Waals surface area contributed by atoms with Crippen molar-refractivity contribution in [1.82, 2.24) is 0 Å². The summed E-state index contributed by atoms with van der Waals surface area (Å²) in [5.41, 5.74) is 0.882. The van der Waals surface area contributed by atoms with E-state index in [-0.39, 0.29) is 6.42 Å². The Balaban J connectivity index is 0.000000885. The summed E-state index contributed by atoms with van der Waals surface area (Å²) in [6.07, 6.45) is 2.37. The third kappa shape index (κ3) is 12.3. The number of carboxylic acid groups (broad SMARTS) is 1. The molecular formula is C15H25O5P. The van der Waals surface area contributed by atoms with E-state index in [1.54, 1.807) is 0 Å². The zero-order chi connectivity index (χ0) is 16.3. The van der Waals surface area contributed by atoms with Crippen molar-refractivity contribution in [3.8, 4) is 0 Å². The molecule has 0 saturated heterocycles. The standard InChI is InChI=1S/C11H15O5P.C4H10/c12-11(13)7-10(8-17(14,15)16)6-9-4-2-1-3-5-9;1-3-4-2/h1-5,10H,6-8H2,(H,12,13)(H2,14,15,16);3-4H2,1-2H3. The maximum Gasteiger partial charge on any atom is 0.325 e. The third-order valence-electron chi connectivity index (χ3n) is 2.83. The summed E-state index contributed by atoms with van der Waals surface area (Å²) in [6.45, 7) is 4.36. The summed E-state index contributed by atoms with van der Waals surface area (Å²) in [4.78, 5) is 28.4. The van der Waals surface area contributed by atoms with Crippen molar-refractivity contribution < 1.29 is 24.3 Å². The summed E-state index contributed by atoms with van der Waals surface area (Å²) in [5, 5.41) is 8.71. The molecule has 1 aromatic carbocycles. The minimum absolute atomic E-state index is 0.236. The van der Waals surface area contributed by atoms with Gasteiger partial charge in [0.05, 0.1) is 6.16 Å². The Morgan fingerprint density at radius 3 is 2.05 bits per heavy atom. The molecule has 5 nitrogen and oxygen atoms in total. The van der Waals surface area contributed by atoms with Crippen LogP contribution < -0.4 is 0 Å². The van der Waals surface area contributed by atoms with Gasteiger partial charge in [0.2, 0.25) is 0 Å². The van der Waals surface area contributed by atoms with E-state index in [2.05, 4.69) is 13.8 Å². The van der Waals surface area contributed by atoms with Crippen LogP contribution in [0.5, 0.6) is 0 Å². The molecule has 0 aliphatic rings. The zero-order valence-electron chi connectivity index (χ0n) is 12.6. The molecule has 0 bridgehead atoms. The molecule has 0 heterocycles. The number of hydrogen-bond donors (Lipinski definition) is 3. The van der Waals surface area contributed by atoms with Gasteiger partial charge >= 0.3 is 13.6 Å². The molecule has 0 amide bonds. The number of benzene rings is 1. The van der Waals surface area contributed by atoms with Gasteiger partial charge in [-0.1, -0.05) is 57.0 Å². The molecule has 0 aromatic heterocycles. The van der Waals surface area contributed by atoms with Gasteiger partial charge < -0.3 is 14.9 Å². The largest absolute Gasteiger partial charge is 0.481 e. The van der Waals surface area contributed by atoms with Crippen molar-refractivity contribution in [3.63, 3.8) is 0 Å². The van der Waals surface area contributed by atoms with E-state index < -0.39 is 25.6 Å². The van der Waals surface area contributed by atoms with Crippen LogP contribution in [0.15, 0.2) is 30.3 Å². The Labute approximate surface area is 126 Å². The minimum Gasteiger partial charge on any atom is -0.481 e. The van der Waals surface area contributed by atoms with Gasteiger partial charge in [0.25, 0.3) is 0 Å². The summed E-state index contributed by atoms with van der Waals surface area (Å²) in [7, 11) is -4.18. The summed E-state index contributed by atoms with van der Waals surface area (Å²) in [6, 6.07) is 9.08. The van der Waals surface area contributed by atoms with Gasteiger partial charge in [0, 0.05) is 6.42 Å². The van der Waals surface area contributed by atoms with E-state index in [9.17, 15) is 9.36 Å². The van der Waals surface area contributed by atoms with Crippen molar-refractivity contribution in [2.24, 2.45) is 5.92 Å². The Morgan fingerprint density at radius 2 is 1.67 bits per heavy atom. The maximum absolute atomic E-state index is 10.9. The highest BCUT2D eigenvalue weighted by molar-refractivity contribution is 7.51. The van der Waals surface area contributed by atoms with Crippen LogP contribution in [0.3, 0.4) is 0 Å². The molecule has 3 N–H and O–H groups in total. The number of aliphatic carboxylic acids is 1. The van der Waals surface area contributed by atoms with Gasteiger partial charge in [-0.05, 0) is 17.9 Å². The Morgan fingerprint density at radius 1 is 1.14 bits per heavy atom. The predicted octanol–water partition coefficient (Wildman–Crippen LogP) is 3.30. The number of carboxylic acids is 1. The topological polar surface area (TPSA) is 94.8 Å². The van der Waals surface area contributed by atoms with Crippen molar-refractivity contribution in [2.75, 3.05) is 6.16 Å². The molecule has 6 heteroatoms. The van der Waals surface area contributed by atoms with Gasteiger partial charge in [0.1, 0.15) is 0 Å². The first-order chi connectivity index (χ1) is 9.78.